The maximum atomic E-state index is 8.57. The molecule has 0 saturated carbocycles. The Labute approximate surface area is 83.0 Å². The first kappa shape index (κ1) is 9.94. The van der Waals surface area contributed by atoms with Gasteiger partial charge in [-0.1, -0.05) is 0 Å². The van der Waals surface area contributed by atoms with Gasteiger partial charge in [0.2, 0.25) is 0 Å². The van der Waals surface area contributed by atoms with Gasteiger partial charge >= 0.3 is 0 Å². The predicted octanol–water partition coefficient (Wildman–Crippen LogP) is 2.33. The van der Waals surface area contributed by atoms with E-state index in [1.54, 1.807) is 0 Å². The highest BCUT2D eigenvalue weighted by atomic mass is 32.2. The summed E-state index contributed by atoms with van der Waals surface area (Å²) in [6.07, 6.45) is 2.08. The Kier molecular flexibility index (Phi) is 4.20. The molecule has 3 heteroatoms. The van der Waals surface area contributed by atoms with E-state index in [2.05, 4.69) is 17.6 Å². The maximum absolute atomic E-state index is 8.57. The van der Waals surface area contributed by atoms with Crippen molar-refractivity contribution in [2.75, 3.05) is 23.9 Å². The van der Waals surface area contributed by atoms with Crippen LogP contribution in [0.5, 0.6) is 0 Å². The summed E-state index contributed by atoms with van der Waals surface area (Å²) < 4.78 is 0. The highest BCUT2D eigenvalue weighted by Gasteiger charge is 1.91. The fraction of sp³-hybridized carbons (Fsp3) is 0.300. The molecule has 2 nitrogen and oxygen atoms in total. The van der Waals surface area contributed by atoms with Gasteiger partial charge in [-0.3, -0.25) is 0 Å². The number of anilines is 1. The van der Waals surface area contributed by atoms with Crippen LogP contribution in [0.15, 0.2) is 24.3 Å². The third-order valence-corrected chi connectivity index (χ3v) is 2.26. The number of rotatable bonds is 4. The van der Waals surface area contributed by atoms with Crippen LogP contribution in [0.4, 0.5) is 5.69 Å². The first-order valence-electron chi connectivity index (χ1n) is 4.10. The number of hydrogen-bond acceptors (Lipinski definition) is 3. The molecular formula is C10H12N2S. The molecule has 0 aliphatic carbocycles. The summed E-state index contributed by atoms with van der Waals surface area (Å²) in [5, 5.41) is 11.8. The van der Waals surface area contributed by atoms with Crippen molar-refractivity contribution in [2.24, 2.45) is 0 Å². The van der Waals surface area contributed by atoms with Gasteiger partial charge in [0.15, 0.2) is 0 Å². The minimum atomic E-state index is 0.704. The van der Waals surface area contributed by atoms with Crippen LogP contribution in [-0.2, 0) is 0 Å². The zero-order chi connectivity index (χ0) is 9.52. The lowest BCUT2D eigenvalue weighted by atomic mass is 10.2. The van der Waals surface area contributed by atoms with E-state index < -0.39 is 0 Å². The largest absolute Gasteiger partial charge is 0.384 e. The third-order valence-electron chi connectivity index (χ3n) is 1.65. The van der Waals surface area contributed by atoms with E-state index in [4.69, 9.17) is 5.26 Å². The Morgan fingerprint density at radius 1 is 1.38 bits per heavy atom. The average Bonchev–Trinajstić information content (AvgIpc) is 2.19. The quantitative estimate of drug-likeness (QED) is 0.744. The Balaban J connectivity index is 2.46. The molecule has 1 N–H and O–H groups in total. The van der Waals surface area contributed by atoms with Crippen molar-refractivity contribution in [2.45, 2.75) is 0 Å². The van der Waals surface area contributed by atoms with Gasteiger partial charge in [0.1, 0.15) is 0 Å². The van der Waals surface area contributed by atoms with Crippen molar-refractivity contribution >= 4 is 17.4 Å². The molecule has 0 aliphatic heterocycles. The minimum Gasteiger partial charge on any atom is -0.384 e. The minimum absolute atomic E-state index is 0.704. The molecule has 0 atom stereocenters. The molecule has 1 aromatic rings. The molecule has 0 saturated heterocycles. The number of benzene rings is 1. The molecule has 0 heterocycles. The number of hydrogen-bond donors (Lipinski definition) is 1. The van der Waals surface area contributed by atoms with Crippen molar-refractivity contribution in [1.82, 2.24) is 0 Å². The van der Waals surface area contributed by atoms with E-state index >= 15 is 0 Å². The van der Waals surface area contributed by atoms with Crippen LogP contribution < -0.4 is 5.32 Å². The van der Waals surface area contributed by atoms with Crippen LogP contribution in [0.1, 0.15) is 5.56 Å². The van der Waals surface area contributed by atoms with E-state index in [1.807, 2.05) is 36.0 Å². The van der Waals surface area contributed by atoms with E-state index in [1.165, 1.54) is 0 Å². The Bertz CT molecular complexity index is 287. The fourth-order valence-electron chi connectivity index (χ4n) is 0.960. The number of nitrogens with zero attached hydrogens (tertiary/aromatic N) is 1. The van der Waals surface area contributed by atoms with Crippen LogP contribution in [0.2, 0.25) is 0 Å². The summed E-state index contributed by atoms with van der Waals surface area (Å²) in [4.78, 5) is 0. The molecule has 68 valence electrons. The predicted molar refractivity (Wildman–Crippen MR) is 58.0 cm³/mol. The molecular weight excluding hydrogens is 180 g/mol. The van der Waals surface area contributed by atoms with Crippen molar-refractivity contribution in [3.05, 3.63) is 29.8 Å². The SMILES string of the molecule is CSCCNc1ccc(C#N)cc1. The molecule has 1 rings (SSSR count). The fourth-order valence-corrected chi connectivity index (χ4v) is 1.27. The third kappa shape index (κ3) is 3.39. The van der Waals surface area contributed by atoms with Crippen molar-refractivity contribution in [1.29, 1.82) is 5.26 Å². The zero-order valence-electron chi connectivity index (χ0n) is 7.58. The second-order valence-electron chi connectivity index (χ2n) is 2.61. The molecule has 13 heavy (non-hydrogen) atoms. The maximum Gasteiger partial charge on any atom is 0.0991 e. The van der Waals surface area contributed by atoms with E-state index in [9.17, 15) is 0 Å². The molecule has 0 bridgehead atoms. The van der Waals surface area contributed by atoms with Gasteiger partial charge < -0.3 is 5.32 Å². The highest BCUT2D eigenvalue weighted by Crippen LogP contribution is 2.08. The zero-order valence-corrected chi connectivity index (χ0v) is 8.40. The van der Waals surface area contributed by atoms with Gasteiger partial charge in [-0.2, -0.15) is 17.0 Å². The smallest absolute Gasteiger partial charge is 0.0991 e. The summed E-state index contributed by atoms with van der Waals surface area (Å²) in [5.41, 5.74) is 1.78. The average molecular weight is 192 g/mol. The monoisotopic (exact) mass is 192 g/mol. The van der Waals surface area contributed by atoms with Crippen molar-refractivity contribution in [3.8, 4) is 6.07 Å². The normalized spacial score (nSPS) is 9.23. The van der Waals surface area contributed by atoms with Crippen LogP contribution >= 0.6 is 11.8 Å². The first-order valence-corrected chi connectivity index (χ1v) is 5.49. The molecule has 0 aromatic heterocycles. The van der Waals surface area contributed by atoms with Crippen LogP contribution in [-0.4, -0.2) is 18.6 Å². The molecule has 0 aliphatic rings. The van der Waals surface area contributed by atoms with Gasteiger partial charge in [-0.15, -0.1) is 0 Å². The van der Waals surface area contributed by atoms with Gasteiger partial charge in [-0.25, -0.2) is 0 Å². The van der Waals surface area contributed by atoms with Crippen molar-refractivity contribution in [3.63, 3.8) is 0 Å². The second-order valence-corrected chi connectivity index (χ2v) is 3.59. The van der Waals surface area contributed by atoms with Gasteiger partial charge in [0, 0.05) is 18.0 Å². The van der Waals surface area contributed by atoms with E-state index in [0.29, 0.717) is 5.56 Å². The molecule has 0 radical (unpaired) electrons. The van der Waals surface area contributed by atoms with Crippen molar-refractivity contribution < 1.29 is 0 Å². The van der Waals surface area contributed by atoms with Gasteiger partial charge in [0.05, 0.1) is 11.6 Å². The number of thioether (sulfide) groups is 1. The summed E-state index contributed by atoms with van der Waals surface area (Å²) in [7, 11) is 0. The topological polar surface area (TPSA) is 35.8 Å². The van der Waals surface area contributed by atoms with E-state index in [0.717, 1.165) is 18.0 Å². The molecule has 1 aromatic carbocycles. The van der Waals surface area contributed by atoms with Gasteiger partial charge in [-0.05, 0) is 30.5 Å². The highest BCUT2D eigenvalue weighted by molar-refractivity contribution is 7.98. The lowest BCUT2D eigenvalue weighted by Gasteiger charge is -2.04. The molecule has 0 fully saturated rings. The van der Waals surface area contributed by atoms with E-state index in [-0.39, 0.29) is 0 Å². The summed E-state index contributed by atoms with van der Waals surface area (Å²) in [5.74, 6) is 1.10. The van der Waals surface area contributed by atoms with Crippen LogP contribution in [0.3, 0.4) is 0 Å². The second kappa shape index (κ2) is 5.50. The Morgan fingerprint density at radius 3 is 2.62 bits per heavy atom. The summed E-state index contributed by atoms with van der Waals surface area (Å²) in [6.45, 7) is 0.965. The van der Waals surface area contributed by atoms with Crippen LogP contribution in [0, 0.1) is 11.3 Å². The Morgan fingerprint density at radius 2 is 2.08 bits per heavy atom. The lowest BCUT2D eigenvalue weighted by molar-refractivity contribution is 1.23. The Hall–Kier alpha value is -1.14. The number of nitrogens with one attached hydrogen (secondary N) is 1. The lowest BCUT2D eigenvalue weighted by Crippen LogP contribution is -2.03. The molecule has 0 spiro atoms. The standard InChI is InChI=1S/C10H12N2S/c1-13-7-6-12-10-4-2-9(8-11)3-5-10/h2-5,12H,6-7H2,1H3. The first-order chi connectivity index (χ1) is 6.36. The number of nitriles is 1. The molecule has 0 amide bonds. The summed E-state index contributed by atoms with van der Waals surface area (Å²) >= 11 is 1.81. The molecule has 0 unspecified atom stereocenters. The summed E-state index contributed by atoms with van der Waals surface area (Å²) in [6, 6.07) is 9.59. The van der Waals surface area contributed by atoms with Crippen LogP contribution in [0.25, 0.3) is 0 Å². The van der Waals surface area contributed by atoms with Gasteiger partial charge in [0.25, 0.3) is 0 Å².